The van der Waals surface area contributed by atoms with Gasteiger partial charge in [-0.05, 0) is 79.9 Å². The Labute approximate surface area is 263 Å². The monoisotopic (exact) mass is 613 g/mol. The fourth-order valence-corrected chi connectivity index (χ4v) is 8.11. The van der Waals surface area contributed by atoms with E-state index in [2.05, 4.69) is 20.9 Å². The zero-order chi connectivity index (χ0) is 31.6. The first-order valence-electron chi connectivity index (χ1n) is 16.1. The zero-order valence-corrected chi connectivity index (χ0v) is 25.7. The first kappa shape index (κ1) is 30.7. The van der Waals surface area contributed by atoms with Crippen LogP contribution in [-0.2, 0) is 32.0 Å². The highest BCUT2D eigenvalue weighted by atomic mass is 16.6. The van der Waals surface area contributed by atoms with Crippen molar-refractivity contribution in [3.63, 3.8) is 0 Å². The van der Waals surface area contributed by atoms with Crippen molar-refractivity contribution in [1.29, 1.82) is 0 Å². The Balaban J connectivity index is 1.10. The number of primary amides is 1. The van der Waals surface area contributed by atoms with Gasteiger partial charge >= 0.3 is 6.09 Å². The second kappa shape index (κ2) is 12.9. The molecule has 1 aromatic heterocycles. The molecule has 10 heteroatoms. The van der Waals surface area contributed by atoms with E-state index in [0.717, 1.165) is 59.5 Å². The van der Waals surface area contributed by atoms with Gasteiger partial charge in [-0.2, -0.15) is 0 Å². The Bertz CT molecular complexity index is 1530. The van der Waals surface area contributed by atoms with Crippen molar-refractivity contribution >= 4 is 34.7 Å². The van der Waals surface area contributed by atoms with Crippen LogP contribution in [0, 0.1) is 23.7 Å². The van der Waals surface area contributed by atoms with Crippen molar-refractivity contribution in [3.8, 4) is 0 Å². The number of para-hydroxylation sites is 1. The van der Waals surface area contributed by atoms with Crippen LogP contribution in [0.2, 0.25) is 0 Å². The summed E-state index contributed by atoms with van der Waals surface area (Å²) < 4.78 is 6.09. The van der Waals surface area contributed by atoms with Crippen molar-refractivity contribution in [2.75, 3.05) is 6.54 Å². The summed E-state index contributed by atoms with van der Waals surface area (Å²) in [6, 6.07) is 16.2. The number of aromatic amines is 1. The lowest BCUT2D eigenvalue weighted by Crippen LogP contribution is -2.60. The van der Waals surface area contributed by atoms with Gasteiger partial charge in [-0.25, -0.2) is 4.79 Å². The molecule has 3 aromatic rings. The molecule has 4 bridgehead atoms. The number of nitrogens with two attached hydrogens (primary N) is 1. The van der Waals surface area contributed by atoms with E-state index in [1.807, 2.05) is 60.8 Å². The number of nitrogens with one attached hydrogen (secondary N) is 4. The second-order valence-electron chi connectivity index (χ2n) is 13.5. The standard InChI is InChI=1S/C35H43N5O5/c1-35(19-26-20-38-28-10-6-5-9-27(26)28,40-34(44)45-31-24-14-22-13-23(16-24)17-25(31)15-22)33(43)37-12-11-30(41)39-29(32(36)42)18-21-7-3-2-4-8-21/h2-10,20,22-25,29,31,38H,11-19H2,1H3,(H2,36,42)(H,37,43)(H,39,41)(H,40,44). The van der Waals surface area contributed by atoms with E-state index in [0.29, 0.717) is 11.8 Å². The summed E-state index contributed by atoms with van der Waals surface area (Å²) in [7, 11) is 0. The average molecular weight is 614 g/mol. The normalized spacial score (nSPS) is 25.2. The van der Waals surface area contributed by atoms with Gasteiger partial charge < -0.3 is 31.4 Å². The molecule has 4 saturated carbocycles. The molecule has 238 valence electrons. The van der Waals surface area contributed by atoms with Gasteiger partial charge in [-0.3, -0.25) is 14.4 Å². The van der Waals surface area contributed by atoms with E-state index in [9.17, 15) is 19.2 Å². The molecule has 2 atom stereocenters. The van der Waals surface area contributed by atoms with Crippen LogP contribution in [0.25, 0.3) is 10.9 Å². The van der Waals surface area contributed by atoms with E-state index in [1.54, 1.807) is 6.92 Å². The van der Waals surface area contributed by atoms with Crippen molar-refractivity contribution in [1.82, 2.24) is 20.9 Å². The molecule has 0 radical (unpaired) electrons. The van der Waals surface area contributed by atoms with E-state index in [4.69, 9.17) is 10.5 Å². The fourth-order valence-electron chi connectivity index (χ4n) is 8.11. The molecule has 4 aliphatic carbocycles. The predicted molar refractivity (Wildman–Crippen MR) is 170 cm³/mol. The maximum atomic E-state index is 13.8. The maximum absolute atomic E-state index is 13.8. The summed E-state index contributed by atoms with van der Waals surface area (Å²) >= 11 is 0. The van der Waals surface area contributed by atoms with Gasteiger partial charge in [0.15, 0.2) is 0 Å². The molecule has 4 aliphatic rings. The minimum absolute atomic E-state index is 0.0111. The number of carbonyl (C=O) groups excluding carboxylic acids is 4. The molecule has 4 amide bonds. The fraction of sp³-hybridized carbons (Fsp3) is 0.486. The smallest absolute Gasteiger partial charge is 0.408 e. The van der Waals surface area contributed by atoms with Crippen molar-refractivity contribution < 1.29 is 23.9 Å². The highest BCUT2D eigenvalue weighted by Gasteiger charge is 2.50. The number of hydrogen-bond donors (Lipinski definition) is 5. The Hall–Kier alpha value is -4.34. The number of H-pyrrole nitrogens is 1. The second-order valence-corrected chi connectivity index (χ2v) is 13.5. The largest absolute Gasteiger partial charge is 0.446 e. The first-order valence-corrected chi connectivity index (χ1v) is 16.1. The number of rotatable bonds is 12. The van der Waals surface area contributed by atoms with E-state index in [-0.39, 0.29) is 31.9 Å². The van der Waals surface area contributed by atoms with E-state index < -0.39 is 35.4 Å². The van der Waals surface area contributed by atoms with Crippen LogP contribution in [-0.4, -0.2) is 53.0 Å². The summed E-state index contributed by atoms with van der Waals surface area (Å²) in [6.45, 7) is 1.70. The highest BCUT2D eigenvalue weighted by molar-refractivity contribution is 5.92. The summed E-state index contributed by atoms with van der Waals surface area (Å²) in [5.41, 5.74) is 6.87. The van der Waals surface area contributed by atoms with Crippen molar-refractivity contribution in [2.45, 2.75) is 76.0 Å². The molecule has 7 rings (SSSR count). The quantitative estimate of drug-likeness (QED) is 0.211. The lowest BCUT2D eigenvalue weighted by atomic mass is 9.55. The Morgan fingerprint density at radius 1 is 0.956 bits per heavy atom. The molecule has 10 nitrogen and oxygen atoms in total. The molecule has 2 aromatic carbocycles. The number of benzene rings is 2. The van der Waals surface area contributed by atoms with Gasteiger partial charge in [0, 0.05) is 42.9 Å². The summed E-state index contributed by atoms with van der Waals surface area (Å²) in [6.07, 6.45) is 7.33. The van der Waals surface area contributed by atoms with Gasteiger partial charge in [-0.1, -0.05) is 48.5 Å². The number of ether oxygens (including phenoxy) is 1. The lowest BCUT2D eigenvalue weighted by molar-refractivity contribution is -0.129. The van der Waals surface area contributed by atoms with Crippen LogP contribution in [0.5, 0.6) is 0 Å². The number of alkyl carbamates (subject to hydrolysis) is 1. The Kier molecular flexibility index (Phi) is 8.83. The third-order valence-electron chi connectivity index (χ3n) is 10.1. The minimum Gasteiger partial charge on any atom is -0.446 e. The molecule has 0 saturated heterocycles. The third-order valence-corrected chi connectivity index (χ3v) is 10.1. The Morgan fingerprint density at radius 2 is 1.62 bits per heavy atom. The number of hydrogen-bond acceptors (Lipinski definition) is 5. The summed E-state index contributed by atoms with van der Waals surface area (Å²) in [4.78, 5) is 55.2. The van der Waals surface area contributed by atoms with Crippen molar-refractivity contribution in [3.05, 3.63) is 71.9 Å². The molecule has 0 spiro atoms. The topological polar surface area (TPSA) is 155 Å². The van der Waals surface area contributed by atoms with Crippen LogP contribution < -0.4 is 21.7 Å². The maximum Gasteiger partial charge on any atom is 0.408 e. The third kappa shape index (κ3) is 7.00. The number of aromatic nitrogens is 1. The van der Waals surface area contributed by atoms with Crippen LogP contribution in [0.1, 0.15) is 56.6 Å². The molecule has 0 aliphatic heterocycles. The average Bonchev–Trinajstić information content (AvgIpc) is 3.41. The lowest BCUT2D eigenvalue weighted by Gasteiger charge is -2.53. The SMILES string of the molecule is CC(Cc1c[nH]c2ccccc12)(NC(=O)OC1C2CC3CC(C2)CC1C3)C(=O)NCCC(=O)NC(Cc1ccccc1)C(N)=O. The predicted octanol–water partition coefficient (Wildman–Crippen LogP) is 3.74. The molecule has 1 heterocycles. The minimum atomic E-state index is -1.35. The van der Waals surface area contributed by atoms with E-state index in [1.165, 1.54) is 6.42 Å². The molecule has 45 heavy (non-hydrogen) atoms. The summed E-state index contributed by atoms with van der Waals surface area (Å²) in [5.74, 6) is 0.810. The van der Waals surface area contributed by atoms with Crippen LogP contribution in [0.3, 0.4) is 0 Å². The van der Waals surface area contributed by atoms with Gasteiger partial charge in [0.05, 0.1) is 0 Å². The van der Waals surface area contributed by atoms with Gasteiger partial charge in [0.1, 0.15) is 17.7 Å². The molecular weight excluding hydrogens is 570 g/mol. The molecule has 4 fully saturated rings. The number of carbonyl (C=O) groups is 4. The van der Waals surface area contributed by atoms with Crippen LogP contribution in [0.15, 0.2) is 60.8 Å². The highest BCUT2D eigenvalue weighted by Crippen LogP contribution is 2.54. The Morgan fingerprint density at radius 3 is 2.31 bits per heavy atom. The van der Waals surface area contributed by atoms with Crippen LogP contribution in [0.4, 0.5) is 4.79 Å². The van der Waals surface area contributed by atoms with Crippen molar-refractivity contribution in [2.24, 2.45) is 29.4 Å². The molecular formula is C35H43N5O5. The van der Waals surface area contributed by atoms with Gasteiger partial charge in [0.2, 0.25) is 17.7 Å². The van der Waals surface area contributed by atoms with E-state index >= 15 is 0 Å². The summed E-state index contributed by atoms with van der Waals surface area (Å²) in [5, 5.41) is 9.39. The molecule has 2 unspecified atom stereocenters. The van der Waals surface area contributed by atoms with Gasteiger partial charge in [-0.15, -0.1) is 0 Å². The first-order chi connectivity index (χ1) is 21.7. The molecule has 6 N–H and O–H groups in total. The number of fused-ring (bicyclic) bond motifs is 1. The number of amides is 4. The van der Waals surface area contributed by atoms with Crippen LogP contribution >= 0.6 is 0 Å². The van der Waals surface area contributed by atoms with Gasteiger partial charge in [0.25, 0.3) is 0 Å². The zero-order valence-electron chi connectivity index (χ0n) is 25.7.